The maximum Gasteiger partial charge on any atom is 0.107 e. The van der Waals surface area contributed by atoms with Crippen LogP contribution in [0.2, 0.25) is 5.02 Å². The van der Waals surface area contributed by atoms with E-state index < -0.39 is 18.8 Å². The third-order valence-electron chi connectivity index (χ3n) is 2.61. The molecule has 2 aromatic rings. The molecule has 1 heterocycles. The van der Waals surface area contributed by atoms with E-state index in [1.807, 2.05) is 0 Å². The van der Waals surface area contributed by atoms with E-state index in [0.29, 0.717) is 21.5 Å². The van der Waals surface area contributed by atoms with E-state index in [1.165, 1.54) is 0 Å². The lowest BCUT2D eigenvalue weighted by molar-refractivity contribution is -0.0152. The normalized spacial score (nSPS) is 14.8. The van der Waals surface area contributed by atoms with Crippen LogP contribution in [-0.4, -0.2) is 33.0 Å². The van der Waals surface area contributed by atoms with Crippen molar-refractivity contribution in [2.75, 3.05) is 6.61 Å². The van der Waals surface area contributed by atoms with E-state index >= 15 is 0 Å². The molecule has 5 heteroatoms. The van der Waals surface area contributed by atoms with Gasteiger partial charge in [-0.1, -0.05) is 17.7 Å². The molecule has 0 amide bonds. The number of aliphatic hydroxyl groups is 3. The van der Waals surface area contributed by atoms with Gasteiger partial charge < -0.3 is 15.3 Å². The van der Waals surface area contributed by atoms with Gasteiger partial charge in [-0.2, -0.15) is 0 Å². The predicted molar refractivity (Wildman–Crippen MR) is 64.8 cm³/mol. The highest BCUT2D eigenvalue weighted by Crippen LogP contribution is 2.26. The van der Waals surface area contributed by atoms with Gasteiger partial charge in [-0.15, -0.1) is 0 Å². The minimum Gasteiger partial charge on any atom is -0.394 e. The average molecular weight is 254 g/mol. The summed E-state index contributed by atoms with van der Waals surface area (Å²) >= 11 is 6.01. The van der Waals surface area contributed by atoms with E-state index in [0.717, 1.165) is 0 Å². The van der Waals surface area contributed by atoms with E-state index in [2.05, 4.69) is 4.98 Å². The van der Waals surface area contributed by atoms with Crippen molar-refractivity contribution in [3.8, 4) is 0 Å². The number of pyridine rings is 1. The average Bonchev–Trinajstić information content (AvgIpc) is 2.37. The molecule has 2 unspecified atom stereocenters. The second-order valence-corrected chi connectivity index (χ2v) is 4.17. The second-order valence-electron chi connectivity index (χ2n) is 3.76. The molecule has 1 aromatic carbocycles. The molecule has 3 N–H and O–H groups in total. The van der Waals surface area contributed by atoms with E-state index in [9.17, 15) is 10.2 Å². The number of benzene rings is 1. The van der Waals surface area contributed by atoms with Crippen LogP contribution in [0.3, 0.4) is 0 Å². The van der Waals surface area contributed by atoms with E-state index in [-0.39, 0.29) is 0 Å². The van der Waals surface area contributed by atoms with Gasteiger partial charge in [0, 0.05) is 11.6 Å². The van der Waals surface area contributed by atoms with Crippen LogP contribution < -0.4 is 0 Å². The number of nitrogens with zero attached hydrogens (tertiary/aromatic N) is 1. The molecular weight excluding hydrogens is 242 g/mol. The van der Waals surface area contributed by atoms with Crippen molar-refractivity contribution in [1.29, 1.82) is 0 Å². The van der Waals surface area contributed by atoms with Gasteiger partial charge >= 0.3 is 0 Å². The van der Waals surface area contributed by atoms with Gasteiger partial charge in [0.1, 0.15) is 12.2 Å². The molecule has 0 fully saturated rings. The highest BCUT2D eigenvalue weighted by atomic mass is 35.5. The number of aromatic nitrogens is 1. The SMILES string of the molecule is OCC(O)C(O)c1ccc2nccc(Cl)c2c1. The Morgan fingerprint density at radius 1 is 1.24 bits per heavy atom. The van der Waals surface area contributed by atoms with E-state index in [4.69, 9.17) is 16.7 Å². The van der Waals surface area contributed by atoms with Crippen LogP contribution in [0.1, 0.15) is 11.7 Å². The smallest absolute Gasteiger partial charge is 0.107 e. The highest BCUT2D eigenvalue weighted by molar-refractivity contribution is 6.35. The Hall–Kier alpha value is -1.20. The zero-order chi connectivity index (χ0) is 12.4. The summed E-state index contributed by atoms with van der Waals surface area (Å²) in [4.78, 5) is 4.13. The van der Waals surface area contributed by atoms with Gasteiger partial charge in [-0.05, 0) is 23.8 Å². The maximum absolute atomic E-state index is 9.77. The van der Waals surface area contributed by atoms with Crippen molar-refractivity contribution in [1.82, 2.24) is 4.98 Å². The van der Waals surface area contributed by atoms with Crippen LogP contribution in [0.4, 0.5) is 0 Å². The molecule has 0 spiro atoms. The summed E-state index contributed by atoms with van der Waals surface area (Å²) in [6.07, 6.45) is -0.743. The number of aliphatic hydroxyl groups excluding tert-OH is 3. The molecule has 0 aliphatic rings. The standard InChI is InChI=1S/C12H12ClNO3/c13-9-3-4-14-10-2-1-7(5-8(9)10)12(17)11(16)6-15/h1-5,11-12,15-17H,6H2. The van der Waals surface area contributed by atoms with Crippen molar-refractivity contribution in [2.45, 2.75) is 12.2 Å². The molecule has 0 aliphatic carbocycles. The van der Waals surface area contributed by atoms with Crippen LogP contribution in [0.5, 0.6) is 0 Å². The van der Waals surface area contributed by atoms with Gasteiger partial charge in [-0.25, -0.2) is 0 Å². The third kappa shape index (κ3) is 2.40. The Balaban J connectivity index is 2.47. The van der Waals surface area contributed by atoms with Crippen LogP contribution in [0, 0.1) is 0 Å². The zero-order valence-electron chi connectivity index (χ0n) is 8.92. The second kappa shape index (κ2) is 4.98. The molecular formula is C12H12ClNO3. The molecule has 2 rings (SSSR count). The number of halogens is 1. The first kappa shape index (κ1) is 12.3. The fourth-order valence-electron chi connectivity index (χ4n) is 1.64. The third-order valence-corrected chi connectivity index (χ3v) is 2.94. The van der Waals surface area contributed by atoms with Gasteiger partial charge in [-0.3, -0.25) is 4.98 Å². The lowest BCUT2D eigenvalue weighted by Crippen LogP contribution is -2.21. The predicted octanol–water partition coefficient (Wildman–Crippen LogP) is 1.27. The Kier molecular flexibility index (Phi) is 3.59. The fraction of sp³-hybridized carbons (Fsp3) is 0.250. The lowest BCUT2D eigenvalue weighted by atomic mass is 10.0. The van der Waals surface area contributed by atoms with Crippen molar-refractivity contribution in [3.63, 3.8) is 0 Å². The van der Waals surface area contributed by atoms with Crippen molar-refractivity contribution >= 4 is 22.5 Å². The van der Waals surface area contributed by atoms with Crippen molar-refractivity contribution in [3.05, 3.63) is 41.0 Å². The molecule has 17 heavy (non-hydrogen) atoms. The first-order valence-corrected chi connectivity index (χ1v) is 5.52. The summed E-state index contributed by atoms with van der Waals surface area (Å²) in [7, 11) is 0. The summed E-state index contributed by atoms with van der Waals surface area (Å²) in [6.45, 7) is -0.500. The number of fused-ring (bicyclic) bond motifs is 1. The Morgan fingerprint density at radius 2 is 2.00 bits per heavy atom. The quantitative estimate of drug-likeness (QED) is 0.770. The monoisotopic (exact) mass is 253 g/mol. The summed E-state index contributed by atoms with van der Waals surface area (Å²) in [5.41, 5.74) is 1.21. The molecule has 4 nitrogen and oxygen atoms in total. The minimum atomic E-state index is -1.21. The Labute approximate surface area is 103 Å². The summed E-state index contributed by atoms with van der Waals surface area (Å²) in [5.74, 6) is 0. The molecule has 0 aliphatic heterocycles. The van der Waals surface area contributed by atoms with Crippen LogP contribution in [0.25, 0.3) is 10.9 Å². The molecule has 0 saturated heterocycles. The minimum absolute atomic E-state index is 0.494. The maximum atomic E-state index is 9.77. The number of hydrogen-bond donors (Lipinski definition) is 3. The Morgan fingerprint density at radius 3 is 2.71 bits per heavy atom. The van der Waals surface area contributed by atoms with Gasteiger partial charge in [0.15, 0.2) is 0 Å². The van der Waals surface area contributed by atoms with Crippen LogP contribution >= 0.6 is 11.6 Å². The largest absolute Gasteiger partial charge is 0.394 e. The molecule has 0 radical (unpaired) electrons. The molecule has 1 aromatic heterocycles. The van der Waals surface area contributed by atoms with Crippen molar-refractivity contribution in [2.24, 2.45) is 0 Å². The topological polar surface area (TPSA) is 73.6 Å². The molecule has 2 atom stereocenters. The zero-order valence-corrected chi connectivity index (χ0v) is 9.67. The summed E-state index contributed by atoms with van der Waals surface area (Å²) < 4.78 is 0. The number of hydrogen-bond acceptors (Lipinski definition) is 4. The van der Waals surface area contributed by atoms with Gasteiger partial charge in [0.05, 0.1) is 17.1 Å². The summed E-state index contributed by atoms with van der Waals surface area (Å²) in [6, 6.07) is 6.68. The molecule has 0 saturated carbocycles. The van der Waals surface area contributed by atoms with Crippen LogP contribution in [0.15, 0.2) is 30.5 Å². The highest BCUT2D eigenvalue weighted by Gasteiger charge is 2.17. The lowest BCUT2D eigenvalue weighted by Gasteiger charge is -2.16. The number of rotatable bonds is 3. The van der Waals surface area contributed by atoms with Crippen LogP contribution in [-0.2, 0) is 0 Å². The van der Waals surface area contributed by atoms with Gasteiger partial charge in [0.2, 0.25) is 0 Å². The van der Waals surface area contributed by atoms with Gasteiger partial charge in [0.25, 0.3) is 0 Å². The first-order valence-electron chi connectivity index (χ1n) is 5.14. The van der Waals surface area contributed by atoms with Crippen molar-refractivity contribution < 1.29 is 15.3 Å². The van der Waals surface area contributed by atoms with E-state index in [1.54, 1.807) is 30.5 Å². The molecule has 0 bridgehead atoms. The fourth-order valence-corrected chi connectivity index (χ4v) is 1.84. The summed E-state index contributed by atoms with van der Waals surface area (Å²) in [5, 5.41) is 29.2. The molecule has 90 valence electrons. The first-order chi connectivity index (χ1) is 8.13. The Bertz CT molecular complexity index is 532.